The maximum atomic E-state index is 12.5. The van der Waals surface area contributed by atoms with Crippen LogP contribution in [0.4, 0.5) is 0 Å². The molecule has 2 rings (SSSR count). The number of ether oxygens (including phenoxy) is 1. The molecule has 6 atom stereocenters. The van der Waals surface area contributed by atoms with Gasteiger partial charge in [-0.25, -0.2) is 0 Å². The van der Waals surface area contributed by atoms with Crippen LogP contribution in [0.1, 0.15) is 67.2 Å². The second-order valence-electron chi connectivity index (χ2n) is 8.67. The van der Waals surface area contributed by atoms with Gasteiger partial charge in [-0.1, -0.05) is 58.4 Å². The van der Waals surface area contributed by atoms with Gasteiger partial charge in [-0.3, -0.25) is 4.79 Å². The van der Waals surface area contributed by atoms with Crippen LogP contribution < -0.4 is 0 Å². The van der Waals surface area contributed by atoms with Crippen LogP contribution >= 0.6 is 0 Å². The molecular formula is C23H36O2. The largest absolute Gasteiger partial charge is 0.461 e. The van der Waals surface area contributed by atoms with Crippen LogP contribution in [0.5, 0.6) is 0 Å². The molecule has 0 fully saturated rings. The Hall–Kier alpha value is -1.31. The quantitative estimate of drug-likeness (QED) is 0.430. The van der Waals surface area contributed by atoms with E-state index in [1.165, 1.54) is 11.1 Å². The highest BCUT2D eigenvalue weighted by Crippen LogP contribution is 2.54. The van der Waals surface area contributed by atoms with Crippen molar-refractivity contribution >= 4 is 5.97 Å². The predicted octanol–water partition coefficient (Wildman–Crippen LogP) is 6.10. The highest BCUT2D eigenvalue weighted by Gasteiger charge is 2.50. The number of hydrogen-bond acceptors (Lipinski definition) is 2. The van der Waals surface area contributed by atoms with Crippen LogP contribution in [0, 0.1) is 29.1 Å². The molecule has 0 N–H and O–H groups in total. The van der Waals surface area contributed by atoms with E-state index in [9.17, 15) is 4.79 Å². The van der Waals surface area contributed by atoms with Crippen LogP contribution in [0.15, 0.2) is 36.0 Å². The molecule has 0 saturated heterocycles. The van der Waals surface area contributed by atoms with Gasteiger partial charge in [0, 0.05) is 5.41 Å². The van der Waals surface area contributed by atoms with E-state index in [2.05, 4.69) is 52.5 Å². The first kappa shape index (κ1) is 20.0. The fourth-order valence-electron chi connectivity index (χ4n) is 4.50. The average molecular weight is 345 g/mol. The van der Waals surface area contributed by atoms with E-state index in [4.69, 9.17) is 4.74 Å². The summed E-state index contributed by atoms with van der Waals surface area (Å²) in [4.78, 5) is 12.5. The Morgan fingerprint density at radius 3 is 2.72 bits per heavy atom. The molecule has 25 heavy (non-hydrogen) atoms. The van der Waals surface area contributed by atoms with Crippen LogP contribution in [-0.2, 0) is 9.53 Å². The van der Waals surface area contributed by atoms with Gasteiger partial charge in [0.05, 0.1) is 5.92 Å². The number of allylic oxidation sites excluding steroid dienone is 4. The molecule has 0 aromatic carbocycles. The summed E-state index contributed by atoms with van der Waals surface area (Å²) in [5, 5.41) is 0. The molecule has 0 aromatic heterocycles. The lowest BCUT2D eigenvalue weighted by molar-refractivity contribution is -0.164. The molecular weight excluding hydrogens is 308 g/mol. The number of esters is 1. The number of fused-ring (bicyclic) bond motifs is 1. The van der Waals surface area contributed by atoms with Crippen LogP contribution in [0.3, 0.4) is 0 Å². The Labute approximate surface area is 154 Å². The van der Waals surface area contributed by atoms with E-state index in [-0.39, 0.29) is 23.4 Å². The molecule has 140 valence electrons. The number of carbonyl (C=O) groups excluding carboxylic acids is 1. The van der Waals surface area contributed by atoms with Crippen molar-refractivity contribution < 1.29 is 9.53 Å². The van der Waals surface area contributed by atoms with Crippen molar-refractivity contribution in [3.8, 4) is 0 Å². The predicted molar refractivity (Wildman–Crippen MR) is 105 cm³/mol. The second kappa shape index (κ2) is 7.93. The van der Waals surface area contributed by atoms with E-state index in [0.717, 1.165) is 25.7 Å². The third-order valence-corrected chi connectivity index (χ3v) is 6.48. The van der Waals surface area contributed by atoms with Crippen molar-refractivity contribution in [1.82, 2.24) is 0 Å². The van der Waals surface area contributed by atoms with E-state index >= 15 is 0 Å². The molecule has 0 spiro atoms. The zero-order valence-electron chi connectivity index (χ0n) is 17.0. The Morgan fingerprint density at radius 2 is 2.12 bits per heavy atom. The summed E-state index contributed by atoms with van der Waals surface area (Å²) in [6.07, 6.45) is 10.9. The minimum atomic E-state index is -0.0980. The van der Waals surface area contributed by atoms with E-state index in [1.807, 2.05) is 13.8 Å². The first-order chi connectivity index (χ1) is 11.7. The topological polar surface area (TPSA) is 26.3 Å². The Balaban J connectivity index is 2.36. The van der Waals surface area contributed by atoms with Crippen molar-refractivity contribution in [2.75, 3.05) is 0 Å². The monoisotopic (exact) mass is 344 g/mol. The first-order valence-corrected chi connectivity index (χ1v) is 9.95. The van der Waals surface area contributed by atoms with Gasteiger partial charge in [0.15, 0.2) is 0 Å². The standard InChI is InChI=1S/C23H36O2/c1-8-17(5)22(24)25-21-14-16(4)13-19-11-10-18(6)20(23(19,21)7)12-9-15(2)3/h10-11,13,16-18,20-21H,2,8-9,12,14H2,1,3-7H3. The van der Waals surface area contributed by atoms with E-state index < -0.39 is 0 Å². The molecule has 2 aliphatic rings. The molecule has 2 heteroatoms. The van der Waals surface area contributed by atoms with Gasteiger partial charge >= 0.3 is 5.97 Å². The van der Waals surface area contributed by atoms with Crippen molar-refractivity contribution in [2.45, 2.75) is 73.3 Å². The molecule has 0 bridgehead atoms. The summed E-state index contributed by atoms with van der Waals surface area (Å²) in [6, 6.07) is 0. The number of hydrogen-bond donors (Lipinski definition) is 0. The summed E-state index contributed by atoms with van der Waals surface area (Å²) in [5.41, 5.74) is 2.49. The number of rotatable bonds is 6. The van der Waals surface area contributed by atoms with Crippen molar-refractivity contribution in [3.63, 3.8) is 0 Å². The van der Waals surface area contributed by atoms with Crippen LogP contribution in [-0.4, -0.2) is 12.1 Å². The van der Waals surface area contributed by atoms with Crippen molar-refractivity contribution in [3.05, 3.63) is 36.0 Å². The Kier molecular flexibility index (Phi) is 6.35. The molecule has 6 unspecified atom stereocenters. The summed E-state index contributed by atoms with van der Waals surface area (Å²) in [7, 11) is 0. The first-order valence-electron chi connectivity index (χ1n) is 9.95. The fourth-order valence-corrected chi connectivity index (χ4v) is 4.50. The van der Waals surface area contributed by atoms with E-state index in [0.29, 0.717) is 17.8 Å². The van der Waals surface area contributed by atoms with Crippen LogP contribution in [0.2, 0.25) is 0 Å². The zero-order chi connectivity index (χ0) is 18.8. The fraction of sp³-hybridized carbons (Fsp3) is 0.696. The molecule has 0 amide bonds. The maximum absolute atomic E-state index is 12.5. The molecule has 0 radical (unpaired) electrons. The minimum Gasteiger partial charge on any atom is -0.461 e. The normalized spacial score (nSPS) is 35.5. The van der Waals surface area contributed by atoms with Gasteiger partial charge in [-0.15, -0.1) is 6.58 Å². The van der Waals surface area contributed by atoms with Gasteiger partial charge in [0.2, 0.25) is 0 Å². The minimum absolute atomic E-state index is 0.0290. The molecule has 2 aliphatic carbocycles. The van der Waals surface area contributed by atoms with Gasteiger partial charge in [-0.2, -0.15) is 0 Å². The lowest BCUT2D eigenvalue weighted by atomic mass is 9.55. The number of carbonyl (C=O) groups is 1. The van der Waals surface area contributed by atoms with E-state index in [1.54, 1.807) is 0 Å². The Bertz CT molecular complexity index is 571. The summed E-state index contributed by atoms with van der Waals surface area (Å²) in [5.74, 6) is 1.33. The maximum Gasteiger partial charge on any atom is 0.308 e. The van der Waals surface area contributed by atoms with Gasteiger partial charge in [0.25, 0.3) is 0 Å². The lowest BCUT2D eigenvalue weighted by Gasteiger charge is -2.51. The van der Waals surface area contributed by atoms with Gasteiger partial charge in [0.1, 0.15) is 6.10 Å². The van der Waals surface area contributed by atoms with Crippen molar-refractivity contribution in [1.29, 1.82) is 0 Å². The zero-order valence-corrected chi connectivity index (χ0v) is 17.0. The Morgan fingerprint density at radius 1 is 1.44 bits per heavy atom. The highest BCUT2D eigenvalue weighted by molar-refractivity contribution is 5.72. The molecule has 0 heterocycles. The molecule has 0 aromatic rings. The SMILES string of the molecule is C=C(C)CCC1C(C)C=CC2=CC(C)CC(OC(=O)C(C)CC)C21C. The third-order valence-electron chi connectivity index (χ3n) is 6.48. The highest BCUT2D eigenvalue weighted by atomic mass is 16.5. The van der Waals surface area contributed by atoms with Crippen LogP contribution in [0.25, 0.3) is 0 Å². The molecule has 0 saturated carbocycles. The summed E-state index contributed by atoms with van der Waals surface area (Å²) >= 11 is 0. The third kappa shape index (κ3) is 4.10. The van der Waals surface area contributed by atoms with Gasteiger partial charge < -0.3 is 4.74 Å². The summed E-state index contributed by atoms with van der Waals surface area (Å²) < 4.78 is 6.14. The molecule has 2 nitrogen and oxygen atoms in total. The second-order valence-corrected chi connectivity index (χ2v) is 8.67. The smallest absolute Gasteiger partial charge is 0.308 e. The average Bonchev–Trinajstić information content (AvgIpc) is 2.54. The summed E-state index contributed by atoms with van der Waals surface area (Å²) in [6.45, 7) is 17.1. The molecule has 0 aliphatic heterocycles. The van der Waals surface area contributed by atoms with Crippen molar-refractivity contribution in [2.24, 2.45) is 29.1 Å². The van der Waals surface area contributed by atoms with Gasteiger partial charge in [-0.05, 0) is 55.9 Å². The lowest BCUT2D eigenvalue weighted by Crippen LogP contribution is -2.49.